The molecule has 0 saturated carbocycles. The molecular formula is C24H44O4. The van der Waals surface area contributed by atoms with Crippen molar-refractivity contribution in [3.05, 3.63) is 12.2 Å². The smallest absolute Gasteiger partial charge is 0.330 e. The minimum atomic E-state index is -0.632. The van der Waals surface area contributed by atoms with Crippen molar-refractivity contribution in [1.82, 2.24) is 0 Å². The maximum absolute atomic E-state index is 11.8. The SMILES string of the molecule is C[C@@H]1C[C@H](O)C[C@@H](O)CCCCCCCCCCCCCCC/C=C\C(=O)O1. The molecule has 0 fully saturated rings. The van der Waals surface area contributed by atoms with Crippen LogP contribution in [-0.2, 0) is 9.53 Å². The Balaban J connectivity index is 2.36. The van der Waals surface area contributed by atoms with E-state index in [-0.39, 0.29) is 12.1 Å². The summed E-state index contributed by atoms with van der Waals surface area (Å²) in [6, 6.07) is 0. The van der Waals surface area contributed by atoms with Crippen LogP contribution in [0.1, 0.15) is 116 Å². The number of hydrogen-bond acceptors (Lipinski definition) is 4. The summed E-state index contributed by atoms with van der Waals surface area (Å²) in [6.07, 6.45) is 20.8. The molecule has 0 aliphatic carbocycles. The van der Waals surface area contributed by atoms with Crippen LogP contribution in [0.2, 0.25) is 0 Å². The Morgan fingerprint density at radius 3 is 1.82 bits per heavy atom. The normalized spacial score (nSPS) is 30.7. The molecule has 0 aromatic rings. The van der Waals surface area contributed by atoms with Gasteiger partial charge in [0.05, 0.1) is 12.2 Å². The zero-order valence-electron chi connectivity index (χ0n) is 18.1. The lowest BCUT2D eigenvalue weighted by molar-refractivity contribution is -0.143. The molecule has 0 unspecified atom stereocenters. The highest BCUT2D eigenvalue weighted by molar-refractivity contribution is 5.81. The highest BCUT2D eigenvalue weighted by atomic mass is 16.5. The predicted molar refractivity (Wildman–Crippen MR) is 115 cm³/mol. The Morgan fingerprint density at radius 2 is 1.25 bits per heavy atom. The molecule has 0 bridgehead atoms. The van der Waals surface area contributed by atoms with Gasteiger partial charge < -0.3 is 14.9 Å². The first kappa shape index (κ1) is 25.2. The molecule has 0 spiro atoms. The number of allylic oxidation sites excluding steroid dienone is 1. The molecule has 1 rings (SSSR count). The lowest BCUT2D eigenvalue weighted by Crippen LogP contribution is -2.24. The van der Waals surface area contributed by atoms with E-state index < -0.39 is 12.2 Å². The van der Waals surface area contributed by atoms with Crippen molar-refractivity contribution in [2.24, 2.45) is 0 Å². The number of carbonyl (C=O) groups excluding carboxylic acids is 1. The van der Waals surface area contributed by atoms with Gasteiger partial charge >= 0.3 is 5.97 Å². The van der Waals surface area contributed by atoms with E-state index in [1.165, 1.54) is 70.3 Å². The van der Waals surface area contributed by atoms with Crippen molar-refractivity contribution in [2.75, 3.05) is 0 Å². The van der Waals surface area contributed by atoms with E-state index in [2.05, 4.69) is 0 Å². The Bertz CT molecular complexity index is 407. The summed E-state index contributed by atoms with van der Waals surface area (Å²) in [5.41, 5.74) is 0. The fourth-order valence-corrected chi connectivity index (χ4v) is 3.96. The standard InChI is InChI=1S/C24H44O4/c1-21-19-23(26)20-22(25)17-15-13-11-9-7-5-3-2-4-6-8-10-12-14-16-18-24(27)28-21/h16,18,21-23,25-26H,2-15,17,19-20H2,1H3/b18-16-/t21-,22+,23+/m1/s1. The van der Waals surface area contributed by atoms with Gasteiger partial charge in [-0.15, -0.1) is 0 Å². The average molecular weight is 397 g/mol. The maximum Gasteiger partial charge on any atom is 0.330 e. The number of esters is 1. The average Bonchev–Trinajstić information content (AvgIpc) is 2.63. The van der Waals surface area contributed by atoms with Crippen LogP contribution in [0, 0.1) is 0 Å². The van der Waals surface area contributed by atoms with Gasteiger partial charge in [-0.2, -0.15) is 0 Å². The molecule has 0 saturated heterocycles. The summed E-state index contributed by atoms with van der Waals surface area (Å²) in [7, 11) is 0. The summed E-state index contributed by atoms with van der Waals surface area (Å²) in [5.74, 6) is -0.338. The van der Waals surface area contributed by atoms with Gasteiger partial charge in [-0.1, -0.05) is 83.1 Å². The van der Waals surface area contributed by atoms with Gasteiger partial charge in [-0.25, -0.2) is 4.79 Å². The number of hydrogen-bond donors (Lipinski definition) is 2. The molecule has 0 aromatic carbocycles. The second-order valence-corrected chi connectivity index (χ2v) is 8.60. The Morgan fingerprint density at radius 1 is 0.750 bits per heavy atom. The maximum atomic E-state index is 11.8. The first-order valence-corrected chi connectivity index (χ1v) is 11.8. The molecule has 0 amide bonds. The largest absolute Gasteiger partial charge is 0.459 e. The molecular weight excluding hydrogens is 352 g/mol. The van der Waals surface area contributed by atoms with E-state index in [1.54, 1.807) is 6.92 Å². The van der Waals surface area contributed by atoms with Crippen LogP contribution in [0.4, 0.5) is 0 Å². The zero-order valence-corrected chi connectivity index (χ0v) is 18.1. The molecule has 2 N–H and O–H groups in total. The van der Waals surface area contributed by atoms with E-state index in [4.69, 9.17) is 4.74 Å². The van der Waals surface area contributed by atoms with Gasteiger partial charge in [0.2, 0.25) is 0 Å². The van der Waals surface area contributed by atoms with Crippen LogP contribution in [0.25, 0.3) is 0 Å². The number of cyclic esters (lactones) is 1. The predicted octanol–water partition coefficient (Wildman–Crippen LogP) is 5.84. The first-order chi connectivity index (χ1) is 13.6. The van der Waals surface area contributed by atoms with Crippen LogP contribution in [-0.4, -0.2) is 34.5 Å². The second kappa shape index (κ2) is 17.0. The topological polar surface area (TPSA) is 66.8 Å². The highest BCUT2D eigenvalue weighted by Crippen LogP contribution is 2.16. The third-order valence-electron chi connectivity index (χ3n) is 5.63. The first-order valence-electron chi connectivity index (χ1n) is 11.8. The quantitative estimate of drug-likeness (QED) is 0.505. The summed E-state index contributed by atoms with van der Waals surface area (Å²) < 4.78 is 5.33. The summed E-state index contributed by atoms with van der Waals surface area (Å²) >= 11 is 0. The van der Waals surface area contributed by atoms with E-state index in [1.807, 2.05) is 6.08 Å². The van der Waals surface area contributed by atoms with Crippen molar-refractivity contribution in [1.29, 1.82) is 0 Å². The van der Waals surface area contributed by atoms with Crippen LogP contribution in [0.15, 0.2) is 12.2 Å². The lowest BCUT2D eigenvalue weighted by atomic mass is 10.0. The Labute approximate surface area is 172 Å². The van der Waals surface area contributed by atoms with E-state index in [0.717, 1.165) is 32.1 Å². The molecule has 1 aliphatic rings. The number of rotatable bonds is 0. The van der Waals surface area contributed by atoms with Crippen molar-refractivity contribution < 1.29 is 19.7 Å². The van der Waals surface area contributed by atoms with Crippen molar-refractivity contribution in [3.63, 3.8) is 0 Å². The third kappa shape index (κ3) is 15.1. The minimum absolute atomic E-state index is 0.338. The highest BCUT2D eigenvalue weighted by Gasteiger charge is 2.17. The molecule has 164 valence electrons. The molecule has 1 heterocycles. The van der Waals surface area contributed by atoms with Crippen LogP contribution in [0.5, 0.6) is 0 Å². The zero-order chi connectivity index (χ0) is 20.5. The molecule has 3 atom stereocenters. The molecule has 1 aliphatic heterocycles. The summed E-state index contributed by atoms with van der Waals surface area (Å²) in [4.78, 5) is 11.8. The lowest BCUT2D eigenvalue weighted by Gasteiger charge is -2.19. The van der Waals surface area contributed by atoms with Crippen molar-refractivity contribution >= 4 is 5.97 Å². The van der Waals surface area contributed by atoms with E-state index in [9.17, 15) is 15.0 Å². The molecule has 0 radical (unpaired) electrons. The van der Waals surface area contributed by atoms with Crippen LogP contribution >= 0.6 is 0 Å². The molecule has 0 aromatic heterocycles. The van der Waals surface area contributed by atoms with Crippen molar-refractivity contribution in [2.45, 2.75) is 134 Å². The van der Waals surface area contributed by atoms with Crippen LogP contribution in [0.3, 0.4) is 0 Å². The summed E-state index contributed by atoms with van der Waals surface area (Å²) in [5, 5.41) is 20.2. The number of aliphatic hydroxyl groups is 2. The Hall–Kier alpha value is -0.870. The van der Waals surface area contributed by atoms with Crippen molar-refractivity contribution in [3.8, 4) is 0 Å². The van der Waals surface area contributed by atoms with E-state index >= 15 is 0 Å². The Kier molecular flexibility index (Phi) is 15.3. The number of carbonyl (C=O) groups is 1. The van der Waals surface area contributed by atoms with Gasteiger partial charge in [0.1, 0.15) is 6.10 Å². The second-order valence-electron chi connectivity index (χ2n) is 8.60. The van der Waals surface area contributed by atoms with Gasteiger partial charge in [0.15, 0.2) is 0 Å². The monoisotopic (exact) mass is 396 g/mol. The van der Waals surface area contributed by atoms with E-state index in [0.29, 0.717) is 12.8 Å². The number of ether oxygens (including phenoxy) is 1. The van der Waals surface area contributed by atoms with Crippen LogP contribution < -0.4 is 0 Å². The fourth-order valence-electron chi connectivity index (χ4n) is 3.96. The minimum Gasteiger partial charge on any atom is -0.459 e. The fraction of sp³-hybridized carbons (Fsp3) is 0.875. The van der Waals surface area contributed by atoms with Gasteiger partial charge in [-0.3, -0.25) is 0 Å². The number of aliphatic hydroxyl groups excluding tert-OH is 2. The molecule has 28 heavy (non-hydrogen) atoms. The summed E-state index contributed by atoms with van der Waals surface area (Å²) in [6.45, 7) is 1.80. The van der Waals surface area contributed by atoms with Gasteiger partial charge in [0.25, 0.3) is 0 Å². The van der Waals surface area contributed by atoms with Gasteiger partial charge in [-0.05, 0) is 32.6 Å². The molecule has 4 heteroatoms. The van der Waals surface area contributed by atoms with Gasteiger partial charge in [0, 0.05) is 12.5 Å². The third-order valence-corrected chi connectivity index (χ3v) is 5.63. The molecule has 4 nitrogen and oxygen atoms in total.